The van der Waals surface area contributed by atoms with E-state index in [1.54, 1.807) is 0 Å². The van der Waals surface area contributed by atoms with Gasteiger partial charge in [-0.3, -0.25) is 9.78 Å². The molecule has 1 aromatic heterocycles. The molecule has 1 aliphatic rings. The maximum atomic E-state index is 12.0. The van der Waals surface area contributed by atoms with Crippen molar-refractivity contribution in [2.24, 2.45) is 0 Å². The third-order valence-corrected chi connectivity index (χ3v) is 5.52. The van der Waals surface area contributed by atoms with Crippen molar-refractivity contribution in [3.8, 4) is 0 Å². The number of carbonyl (C=O) groups excluding carboxylic acids is 1. The van der Waals surface area contributed by atoms with Gasteiger partial charge in [-0.2, -0.15) is 23.5 Å². The number of rotatable bonds is 4. The van der Waals surface area contributed by atoms with Crippen LogP contribution in [-0.4, -0.2) is 51.0 Å². The van der Waals surface area contributed by atoms with Crippen molar-refractivity contribution in [3.63, 3.8) is 0 Å². The van der Waals surface area contributed by atoms with Gasteiger partial charge in [0, 0.05) is 41.4 Å². The first kappa shape index (κ1) is 14.2. The van der Waals surface area contributed by atoms with Crippen molar-refractivity contribution in [2.45, 2.75) is 5.25 Å². The van der Waals surface area contributed by atoms with Gasteiger partial charge in [0.1, 0.15) is 0 Å². The minimum Gasteiger partial charge on any atom is -0.478 e. The van der Waals surface area contributed by atoms with Crippen LogP contribution in [0.3, 0.4) is 0 Å². The van der Waals surface area contributed by atoms with E-state index in [2.05, 4.69) is 10.3 Å². The maximum absolute atomic E-state index is 12.0. The number of carboxylic acids is 1. The number of carboxylic acid groups (broad SMARTS) is 1. The first-order valence-corrected chi connectivity index (χ1v) is 8.03. The summed E-state index contributed by atoms with van der Waals surface area (Å²) in [6.45, 7) is 0.567. The summed E-state index contributed by atoms with van der Waals surface area (Å²) >= 11 is 3.73. The van der Waals surface area contributed by atoms with Gasteiger partial charge in [0.25, 0.3) is 5.91 Å². The van der Waals surface area contributed by atoms with E-state index in [0.29, 0.717) is 11.8 Å². The highest BCUT2D eigenvalue weighted by Crippen LogP contribution is 2.23. The molecule has 102 valence electrons. The summed E-state index contributed by atoms with van der Waals surface area (Å²) in [5, 5.41) is 12.2. The molecule has 1 atom stereocenters. The summed E-state index contributed by atoms with van der Waals surface area (Å²) in [7, 11) is 0. The Hall–Kier alpha value is -1.21. The monoisotopic (exact) mass is 298 g/mol. The zero-order chi connectivity index (χ0) is 13.7. The number of carbonyl (C=O) groups is 2. The number of amides is 1. The van der Waals surface area contributed by atoms with E-state index < -0.39 is 5.97 Å². The smallest absolute Gasteiger partial charge is 0.338 e. The summed E-state index contributed by atoms with van der Waals surface area (Å²) in [5.74, 6) is 1.79. The minimum atomic E-state index is -1.14. The highest BCUT2D eigenvalue weighted by molar-refractivity contribution is 8.06. The van der Waals surface area contributed by atoms with Crippen LogP contribution in [-0.2, 0) is 0 Å². The molecule has 7 heteroatoms. The molecule has 2 heterocycles. The van der Waals surface area contributed by atoms with Gasteiger partial charge in [-0.25, -0.2) is 4.79 Å². The number of pyridine rings is 1. The third-order valence-electron chi connectivity index (χ3n) is 2.67. The van der Waals surface area contributed by atoms with E-state index in [-0.39, 0.29) is 17.0 Å². The van der Waals surface area contributed by atoms with Crippen LogP contribution in [0.1, 0.15) is 20.7 Å². The van der Waals surface area contributed by atoms with Crippen molar-refractivity contribution in [2.75, 3.05) is 23.8 Å². The van der Waals surface area contributed by atoms with Gasteiger partial charge < -0.3 is 10.4 Å². The third kappa shape index (κ3) is 3.87. The number of hydrogen-bond donors (Lipinski definition) is 2. The molecule has 2 rings (SSSR count). The molecule has 0 aliphatic carbocycles. The fraction of sp³-hybridized carbons (Fsp3) is 0.417. The first-order chi connectivity index (χ1) is 9.18. The van der Waals surface area contributed by atoms with Crippen LogP contribution in [0, 0.1) is 0 Å². The van der Waals surface area contributed by atoms with E-state index in [1.165, 1.54) is 18.5 Å². The topological polar surface area (TPSA) is 79.3 Å². The quantitative estimate of drug-likeness (QED) is 0.874. The fourth-order valence-corrected chi connectivity index (χ4v) is 4.33. The van der Waals surface area contributed by atoms with Gasteiger partial charge in [0.15, 0.2) is 0 Å². The normalized spacial score (nSPS) is 18.8. The molecule has 1 saturated heterocycles. The first-order valence-electron chi connectivity index (χ1n) is 5.83. The Labute approximate surface area is 119 Å². The van der Waals surface area contributed by atoms with Gasteiger partial charge >= 0.3 is 5.97 Å². The molecule has 0 bridgehead atoms. The van der Waals surface area contributed by atoms with Crippen LogP contribution in [0.4, 0.5) is 0 Å². The number of thioether (sulfide) groups is 2. The van der Waals surface area contributed by atoms with Crippen LogP contribution in [0.5, 0.6) is 0 Å². The van der Waals surface area contributed by atoms with Crippen molar-refractivity contribution >= 4 is 35.4 Å². The van der Waals surface area contributed by atoms with Crippen LogP contribution >= 0.6 is 23.5 Å². The van der Waals surface area contributed by atoms with E-state index in [9.17, 15) is 9.59 Å². The number of nitrogens with zero attached hydrogens (tertiary/aromatic N) is 1. The lowest BCUT2D eigenvalue weighted by atomic mass is 10.1. The fourth-order valence-electron chi connectivity index (χ4n) is 1.72. The van der Waals surface area contributed by atoms with E-state index in [4.69, 9.17) is 5.11 Å². The summed E-state index contributed by atoms with van der Waals surface area (Å²) in [6.07, 6.45) is 2.62. The Morgan fingerprint density at radius 3 is 2.95 bits per heavy atom. The van der Waals surface area contributed by atoms with Crippen LogP contribution in [0.25, 0.3) is 0 Å². The Morgan fingerprint density at radius 1 is 1.42 bits per heavy atom. The van der Waals surface area contributed by atoms with Crippen LogP contribution in [0.2, 0.25) is 0 Å². The zero-order valence-electron chi connectivity index (χ0n) is 10.2. The molecule has 0 radical (unpaired) electrons. The highest BCUT2D eigenvalue weighted by Gasteiger charge is 2.19. The standard InChI is InChI=1S/C12H14N2O3S2/c15-11(14-5-8-7-18-3-4-19-8)9-1-2-13-6-10(9)12(16)17/h1-2,6,8H,3-5,7H2,(H,14,15)(H,16,17). The average molecular weight is 298 g/mol. The number of hydrogen-bond acceptors (Lipinski definition) is 5. The molecule has 1 unspecified atom stereocenters. The van der Waals surface area contributed by atoms with E-state index >= 15 is 0 Å². The van der Waals surface area contributed by atoms with Gasteiger partial charge in [-0.1, -0.05) is 0 Å². The number of nitrogens with one attached hydrogen (secondary N) is 1. The van der Waals surface area contributed by atoms with E-state index in [1.807, 2.05) is 23.5 Å². The van der Waals surface area contributed by atoms with Crippen molar-refractivity contribution < 1.29 is 14.7 Å². The lowest BCUT2D eigenvalue weighted by Gasteiger charge is -2.21. The predicted molar refractivity (Wildman–Crippen MR) is 77.1 cm³/mol. The molecule has 0 aromatic carbocycles. The minimum absolute atomic E-state index is 0.0642. The van der Waals surface area contributed by atoms with Crippen LogP contribution < -0.4 is 5.32 Å². The largest absolute Gasteiger partial charge is 0.478 e. The molecular formula is C12H14N2O3S2. The van der Waals surface area contributed by atoms with Gasteiger partial charge in [-0.15, -0.1) is 0 Å². The van der Waals surface area contributed by atoms with Crippen molar-refractivity contribution in [3.05, 3.63) is 29.6 Å². The predicted octanol–water partition coefficient (Wildman–Crippen LogP) is 1.36. The zero-order valence-corrected chi connectivity index (χ0v) is 11.8. The molecule has 1 aliphatic heterocycles. The van der Waals surface area contributed by atoms with Crippen LogP contribution in [0.15, 0.2) is 18.5 Å². The Bertz CT molecular complexity index is 476. The Morgan fingerprint density at radius 2 is 2.26 bits per heavy atom. The van der Waals surface area contributed by atoms with Gasteiger partial charge in [0.05, 0.1) is 11.1 Å². The Balaban J connectivity index is 1.97. The second kappa shape index (κ2) is 6.81. The second-order valence-corrected chi connectivity index (χ2v) is 6.56. The summed E-state index contributed by atoms with van der Waals surface area (Å²) in [6, 6.07) is 1.43. The molecule has 19 heavy (non-hydrogen) atoms. The highest BCUT2D eigenvalue weighted by atomic mass is 32.2. The molecule has 2 N–H and O–H groups in total. The average Bonchev–Trinajstić information content (AvgIpc) is 2.46. The molecule has 1 aromatic rings. The molecular weight excluding hydrogens is 284 g/mol. The van der Waals surface area contributed by atoms with Crippen molar-refractivity contribution in [1.29, 1.82) is 0 Å². The Kier molecular flexibility index (Phi) is 5.09. The van der Waals surface area contributed by atoms with Crippen molar-refractivity contribution in [1.82, 2.24) is 10.3 Å². The molecule has 1 amide bonds. The summed E-state index contributed by atoms with van der Waals surface area (Å²) in [4.78, 5) is 26.7. The molecule has 1 fully saturated rings. The lowest BCUT2D eigenvalue weighted by Crippen LogP contribution is -2.34. The SMILES string of the molecule is O=C(O)c1cnccc1C(=O)NCC1CSCCS1. The summed E-state index contributed by atoms with van der Waals surface area (Å²) in [5.41, 5.74) is 0.0987. The van der Waals surface area contributed by atoms with Gasteiger partial charge in [0.2, 0.25) is 0 Å². The molecule has 5 nitrogen and oxygen atoms in total. The molecule has 0 saturated carbocycles. The number of aromatic nitrogens is 1. The maximum Gasteiger partial charge on any atom is 0.338 e. The second-order valence-electron chi connectivity index (χ2n) is 4.00. The van der Waals surface area contributed by atoms with Gasteiger partial charge in [-0.05, 0) is 6.07 Å². The molecule has 0 spiro atoms. The lowest BCUT2D eigenvalue weighted by molar-refractivity contribution is 0.0690. The van der Waals surface area contributed by atoms with E-state index in [0.717, 1.165) is 17.3 Å². The summed E-state index contributed by atoms with van der Waals surface area (Å²) < 4.78 is 0. The number of aromatic carboxylic acids is 1.